The van der Waals surface area contributed by atoms with E-state index in [-0.39, 0.29) is 49.9 Å². The first-order valence-corrected chi connectivity index (χ1v) is 19.1. The van der Waals surface area contributed by atoms with Gasteiger partial charge >= 0.3 is 5.97 Å². The molecule has 1 fully saturated rings. The summed E-state index contributed by atoms with van der Waals surface area (Å²) in [5.41, 5.74) is 11.4. The fourth-order valence-corrected chi connectivity index (χ4v) is 5.97. The second kappa shape index (κ2) is 24.2. The highest BCUT2D eigenvalue weighted by molar-refractivity contribution is 5.97. The zero-order valence-electron chi connectivity index (χ0n) is 33.0. The summed E-state index contributed by atoms with van der Waals surface area (Å²) in [5, 5.41) is 47.1. The number of aliphatic imine (C=N–C) groups is 1. The van der Waals surface area contributed by atoms with E-state index in [2.05, 4.69) is 42.2 Å². The molecule has 0 aromatic heterocycles. The van der Waals surface area contributed by atoms with E-state index in [1.165, 1.54) is 24.3 Å². The number of aliphatic hydroxyl groups excluding tert-OH is 1. The van der Waals surface area contributed by atoms with Gasteiger partial charge in [0.15, 0.2) is 5.96 Å². The Labute approximate surface area is 332 Å². The molecule has 1 aliphatic heterocycles. The summed E-state index contributed by atoms with van der Waals surface area (Å²) in [6.07, 6.45) is 2.02. The van der Waals surface area contributed by atoms with Crippen LogP contribution in [0.25, 0.3) is 0 Å². The van der Waals surface area contributed by atoms with Gasteiger partial charge in [0.25, 0.3) is 0 Å². The first-order chi connectivity index (χ1) is 26.9. The monoisotopic (exact) mass is 804 g/mol. The molecular formula is C37H60N10O10. The van der Waals surface area contributed by atoms with Gasteiger partial charge in [-0.15, -0.1) is 0 Å². The number of phenols is 1. The largest absolute Gasteiger partial charge is 0.508 e. The molecule has 6 amide bonds. The summed E-state index contributed by atoms with van der Waals surface area (Å²) in [6, 6.07) is -0.971. The van der Waals surface area contributed by atoms with E-state index < -0.39 is 96.7 Å². The summed E-state index contributed by atoms with van der Waals surface area (Å²) in [7, 11) is 0. The molecule has 0 radical (unpaired) electrons. The number of aromatic hydroxyl groups is 1. The lowest BCUT2D eigenvalue weighted by molar-refractivity contribution is -0.138. The van der Waals surface area contributed by atoms with Crippen LogP contribution in [-0.2, 0) is 40.0 Å². The van der Waals surface area contributed by atoms with Crippen LogP contribution < -0.4 is 48.7 Å². The van der Waals surface area contributed by atoms with Crippen LogP contribution in [0.1, 0.15) is 71.8 Å². The lowest BCUT2D eigenvalue weighted by Gasteiger charge is -2.30. The van der Waals surface area contributed by atoms with Crippen molar-refractivity contribution in [3.05, 3.63) is 29.8 Å². The predicted molar refractivity (Wildman–Crippen MR) is 209 cm³/mol. The molecule has 0 bridgehead atoms. The molecule has 1 saturated heterocycles. The molecule has 20 heteroatoms. The topological polar surface area (TPSA) is 329 Å². The van der Waals surface area contributed by atoms with E-state index in [0.717, 1.165) is 6.42 Å². The van der Waals surface area contributed by atoms with Gasteiger partial charge in [0, 0.05) is 13.0 Å². The first-order valence-electron chi connectivity index (χ1n) is 19.1. The van der Waals surface area contributed by atoms with Gasteiger partial charge < -0.3 is 64.0 Å². The van der Waals surface area contributed by atoms with Crippen LogP contribution in [0.2, 0.25) is 0 Å². The van der Waals surface area contributed by atoms with Gasteiger partial charge in [0.2, 0.25) is 35.4 Å². The first kappa shape index (κ1) is 47.7. The Bertz CT molecular complexity index is 1550. The van der Waals surface area contributed by atoms with Crippen LogP contribution in [-0.4, -0.2) is 125 Å². The van der Waals surface area contributed by atoms with Gasteiger partial charge in [-0.3, -0.25) is 38.6 Å². The second-order valence-electron chi connectivity index (χ2n) is 14.5. The molecule has 1 aromatic rings. The number of benzene rings is 1. The summed E-state index contributed by atoms with van der Waals surface area (Å²) in [6.45, 7) is 6.43. The minimum Gasteiger partial charge on any atom is -0.508 e. The number of phenolic OH excluding ortho intramolecular Hbond substituents is 1. The van der Waals surface area contributed by atoms with Crippen molar-refractivity contribution in [2.24, 2.45) is 28.3 Å². The van der Waals surface area contributed by atoms with Crippen molar-refractivity contribution < 1.29 is 48.9 Å². The molecule has 7 atom stereocenters. The molecule has 57 heavy (non-hydrogen) atoms. The number of hydrogen-bond donors (Lipinski definition) is 12. The molecule has 318 valence electrons. The quantitative estimate of drug-likeness (QED) is 0.0291. The Balaban J connectivity index is 2.31. The molecule has 2 rings (SSSR count). The smallest absolute Gasteiger partial charge is 0.322 e. The van der Waals surface area contributed by atoms with Crippen LogP contribution in [0.5, 0.6) is 5.75 Å². The summed E-state index contributed by atoms with van der Waals surface area (Å²) in [5.74, 6) is -6.44. The van der Waals surface area contributed by atoms with Crippen LogP contribution in [0.4, 0.5) is 0 Å². The van der Waals surface area contributed by atoms with Crippen molar-refractivity contribution in [1.82, 2.24) is 37.2 Å². The molecule has 14 N–H and O–H groups in total. The molecule has 0 aliphatic carbocycles. The van der Waals surface area contributed by atoms with E-state index in [4.69, 9.17) is 16.6 Å². The Morgan fingerprint density at radius 3 is 2.02 bits per heavy atom. The summed E-state index contributed by atoms with van der Waals surface area (Å²) in [4.78, 5) is 95.8. The third kappa shape index (κ3) is 17.0. The van der Waals surface area contributed by atoms with E-state index in [0.29, 0.717) is 24.9 Å². The molecule has 0 saturated carbocycles. The molecule has 1 aliphatic rings. The average Bonchev–Trinajstić information content (AvgIpc) is 3.71. The van der Waals surface area contributed by atoms with Crippen molar-refractivity contribution in [1.29, 1.82) is 0 Å². The van der Waals surface area contributed by atoms with Crippen LogP contribution in [0.15, 0.2) is 29.3 Å². The average molecular weight is 805 g/mol. The summed E-state index contributed by atoms with van der Waals surface area (Å²) < 4.78 is 0. The van der Waals surface area contributed by atoms with Crippen LogP contribution in [0, 0.1) is 11.8 Å². The van der Waals surface area contributed by atoms with Crippen LogP contribution in [0.3, 0.4) is 0 Å². The molecule has 20 nitrogen and oxygen atoms in total. The molecule has 0 unspecified atom stereocenters. The lowest BCUT2D eigenvalue weighted by atomic mass is 9.96. The zero-order chi connectivity index (χ0) is 42.7. The van der Waals surface area contributed by atoms with Crippen molar-refractivity contribution >= 4 is 47.4 Å². The van der Waals surface area contributed by atoms with E-state index in [1.807, 2.05) is 13.8 Å². The van der Waals surface area contributed by atoms with E-state index >= 15 is 0 Å². The number of nitrogens with one attached hydrogen (secondary N) is 7. The molecule has 1 aromatic carbocycles. The van der Waals surface area contributed by atoms with Crippen LogP contribution >= 0.6 is 0 Å². The van der Waals surface area contributed by atoms with Gasteiger partial charge in [-0.05, 0) is 68.2 Å². The van der Waals surface area contributed by atoms with Gasteiger partial charge in [0.1, 0.15) is 42.5 Å². The third-order valence-corrected chi connectivity index (χ3v) is 9.33. The van der Waals surface area contributed by atoms with Gasteiger partial charge in [-0.2, -0.15) is 0 Å². The second-order valence-corrected chi connectivity index (χ2v) is 14.5. The zero-order valence-corrected chi connectivity index (χ0v) is 33.0. The Morgan fingerprint density at radius 1 is 0.842 bits per heavy atom. The molecule has 0 spiro atoms. The third-order valence-electron chi connectivity index (χ3n) is 9.33. The number of nitrogens with zero attached hydrogens (tertiary/aromatic N) is 1. The van der Waals surface area contributed by atoms with Gasteiger partial charge in [-0.1, -0.05) is 46.2 Å². The Hall–Kier alpha value is -5.50. The highest BCUT2D eigenvalue weighted by atomic mass is 16.4. The van der Waals surface area contributed by atoms with E-state index in [1.54, 1.807) is 13.8 Å². The van der Waals surface area contributed by atoms with Crippen molar-refractivity contribution in [3.8, 4) is 5.75 Å². The SMILES string of the molecule is CC[C@H](C)[C@H](NC(=O)[C@H](CCCN=C(N)N)NC(=O)[C@H](CO)NC(=O)[C@@H]1CCCN1)C(=O)N[C@@H](CC(C)C)C(=O)N[C@@H](Cc1ccc(O)cc1)C(=O)NCC(=O)O. The Kier molecular flexibility index (Phi) is 20.2. The predicted octanol–water partition coefficient (Wildman–Crippen LogP) is -2.55. The number of amides is 6. The number of carbonyl (C=O) groups is 7. The van der Waals surface area contributed by atoms with Crippen molar-refractivity contribution in [2.45, 2.75) is 109 Å². The van der Waals surface area contributed by atoms with Gasteiger partial charge in [0.05, 0.1) is 12.6 Å². The highest BCUT2D eigenvalue weighted by Crippen LogP contribution is 2.15. The minimum absolute atomic E-state index is 0.00418. The number of carboxylic acid groups (broad SMARTS) is 1. The minimum atomic E-state index is -1.37. The number of hydrogen-bond acceptors (Lipinski definition) is 11. The highest BCUT2D eigenvalue weighted by Gasteiger charge is 2.35. The van der Waals surface area contributed by atoms with Gasteiger partial charge in [-0.25, -0.2) is 0 Å². The van der Waals surface area contributed by atoms with Crippen molar-refractivity contribution in [2.75, 3.05) is 26.2 Å². The fraction of sp³-hybridized carbons (Fsp3) is 0.622. The normalized spacial score (nSPS) is 16.8. The fourth-order valence-electron chi connectivity index (χ4n) is 5.97. The number of carboxylic acids is 1. The Morgan fingerprint density at radius 2 is 1.46 bits per heavy atom. The number of guanidine groups is 1. The molecular weight excluding hydrogens is 744 g/mol. The lowest BCUT2D eigenvalue weighted by Crippen LogP contribution is -2.61. The number of nitrogens with two attached hydrogens (primary N) is 2. The number of aliphatic carboxylic acids is 1. The summed E-state index contributed by atoms with van der Waals surface area (Å²) >= 11 is 0. The number of rotatable bonds is 24. The maximum Gasteiger partial charge on any atom is 0.322 e. The molecule has 1 heterocycles. The maximum atomic E-state index is 14.0. The maximum absolute atomic E-state index is 14.0. The van der Waals surface area contributed by atoms with E-state index in [9.17, 15) is 43.8 Å². The number of carbonyl (C=O) groups excluding carboxylic acids is 6. The van der Waals surface area contributed by atoms with Crippen molar-refractivity contribution in [3.63, 3.8) is 0 Å². The number of aliphatic hydroxyl groups is 1. The standard InChI is InChI=1S/C37H60N10O10/c1-5-21(4)30(47-33(54)25(9-7-15-41-37(38)39)43-35(56)28(19-48)46-32(53)24-8-6-14-40-24)36(57)45-26(16-20(2)3)34(55)44-27(31(52)42-18-29(50)51)17-22-10-12-23(49)13-11-22/h10-13,20-21,24-28,30,40,48-49H,5-9,14-19H2,1-4H3,(H,42,52)(H,43,56)(H,44,55)(H,45,57)(H,46,53)(H,47,54)(H,50,51)(H4,38,39,41)/t21-,24-,25-,26-,27-,28-,30-/m0/s1.